The molecule has 17 fully saturated rings. The summed E-state index contributed by atoms with van der Waals surface area (Å²) < 4.78 is 109. The van der Waals surface area contributed by atoms with Gasteiger partial charge in [0.25, 0.3) is 0 Å². The van der Waals surface area contributed by atoms with Crippen molar-refractivity contribution in [2.75, 3.05) is 13.2 Å². The Labute approximate surface area is 478 Å². The first-order valence-corrected chi connectivity index (χ1v) is 31.6. The Bertz CT molecular complexity index is 2500. The second kappa shape index (κ2) is 20.1. The van der Waals surface area contributed by atoms with Gasteiger partial charge in [-0.3, -0.25) is 4.79 Å². The van der Waals surface area contributed by atoms with Crippen LogP contribution in [0, 0.1) is 29.6 Å². The molecule has 21 heteroatoms. The van der Waals surface area contributed by atoms with Gasteiger partial charge in [-0.05, 0) is 73.8 Å². The van der Waals surface area contributed by atoms with Gasteiger partial charge in [0.1, 0.15) is 36.6 Å². The number of ether oxygens (including phenoxy) is 16. The monoisotopic (exact) mass is 1150 g/mol. The van der Waals surface area contributed by atoms with Crippen LogP contribution in [0.15, 0.2) is 24.3 Å². The van der Waals surface area contributed by atoms with Crippen molar-refractivity contribution >= 4 is 5.97 Å². The highest BCUT2D eigenvalue weighted by atomic mass is 16.8. The summed E-state index contributed by atoms with van der Waals surface area (Å²) >= 11 is 0. The van der Waals surface area contributed by atoms with Gasteiger partial charge in [-0.15, -0.1) is 0 Å². The summed E-state index contributed by atoms with van der Waals surface area (Å²) in [5.41, 5.74) is 2.01. The minimum absolute atomic E-state index is 0.0316. The number of fused-ring (bicyclic) bond motifs is 11. The van der Waals surface area contributed by atoms with Crippen LogP contribution in [0.3, 0.4) is 0 Å². The Hall–Kier alpha value is -1.81. The molecule has 4 N–H and O–H groups in total. The van der Waals surface area contributed by atoms with Crippen molar-refractivity contribution in [3.05, 3.63) is 24.3 Å². The molecule has 21 nitrogen and oxygen atoms in total. The minimum Gasteiger partial charge on any atom is -0.459 e. The number of rotatable bonds is 2. The number of carbonyl (C=O) groups is 1. The topological polar surface area (TPSA) is 246 Å². The fourth-order valence-corrected chi connectivity index (χ4v) is 19.0. The Kier molecular flexibility index (Phi) is 13.6. The van der Waals surface area contributed by atoms with Crippen molar-refractivity contribution < 1.29 is 101 Å². The Morgan fingerprint density at radius 1 is 0.561 bits per heavy atom. The molecule has 0 aromatic rings. The highest BCUT2D eigenvalue weighted by Crippen LogP contribution is 2.60. The first kappa shape index (κ1) is 55.5. The second-order valence-corrected chi connectivity index (χ2v) is 28.4. The molecule has 12 bridgehead atoms. The van der Waals surface area contributed by atoms with Crippen LogP contribution in [0.25, 0.3) is 0 Å². The van der Waals surface area contributed by atoms with E-state index in [0.717, 1.165) is 24.0 Å². The van der Waals surface area contributed by atoms with Gasteiger partial charge in [0.2, 0.25) is 11.6 Å². The van der Waals surface area contributed by atoms with Crippen molar-refractivity contribution in [1.82, 2.24) is 0 Å². The molecule has 82 heavy (non-hydrogen) atoms. The average molecular weight is 1160 g/mol. The molecule has 0 radical (unpaired) electrons. The molecule has 0 aromatic heterocycles. The Morgan fingerprint density at radius 3 is 2.11 bits per heavy atom. The van der Waals surface area contributed by atoms with Crippen LogP contribution in [0.4, 0.5) is 0 Å². The zero-order valence-corrected chi connectivity index (χ0v) is 47.7. The number of esters is 1. The zero-order chi connectivity index (χ0) is 56.1. The van der Waals surface area contributed by atoms with E-state index in [4.69, 9.17) is 75.8 Å². The van der Waals surface area contributed by atoms with Gasteiger partial charge in [0.15, 0.2) is 17.7 Å². The molecule has 3 spiro atoms. The van der Waals surface area contributed by atoms with E-state index >= 15 is 0 Å². The molecule has 456 valence electrons. The predicted molar refractivity (Wildman–Crippen MR) is 279 cm³/mol. The van der Waals surface area contributed by atoms with Crippen molar-refractivity contribution in [1.29, 1.82) is 0 Å². The highest BCUT2D eigenvalue weighted by molar-refractivity contribution is 5.70. The molecule has 0 saturated carbocycles. The van der Waals surface area contributed by atoms with E-state index < -0.39 is 102 Å². The zero-order valence-electron chi connectivity index (χ0n) is 47.7. The number of hydrogen-bond donors (Lipinski definition) is 4. The van der Waals surface area contributed by atoms with E-state index in [0.29, 0.717) is 83.7 Å². The lowest BCUT2D eigenvalue weighted by Crippen LogP contribution is -2.63. The maximum absolute atomic E-state index is 14.6. The normalized spacial score (nSPS) is 59.6. The quantitative estimate of drug-likeness (QED) is 0.228. The molecule has 17 heterocycles. The summed E-state index contributed by atoms with van der Waals surface area (Å²) in [6.07, 6.45) is -3.45. The van der Waals surface area contributed by atoms with E-state index in [1.165, 1.54) is 0 Å². The van der Waals surface area contributed by atoms with E-state index in [1.54, 1.807) is 0 Å². The first-order valence-electron chi connectivity index (χ1n) is 31.6. The van der Waals surface area contributed by atoms with E-state index in [-0.39, 0.29) is 128 Å². The lowest BCUT2D eigenvalue weighted by molar-refractivity contribution is -0.370. The number of carbonyl (C=O) groups excluding carboxylic acids is 1. The molecule has 17 aliphatic heterocycles. The van der Waals surface area contributed by atoms with E-state index in [1.807, 2.05) is 0 Å². The molecule has 34 atom stereocenters. The fraction of sp³-hybridized carbons (Fsp3) is 0.918. The number of aliphatic hydroxyl groups is 4. The Balaban J connectivity index is 0.633. The van der Waals surface area contributed by atoms with Crippen LogP contribution < -0.4 is 0 Å². The van der Waals surface area contributed by atoms with Crippen molar-refractivity contribution in [3.63, 3.8) is 0 Å². The van der Waals surface area contributed by atoms with Gasteiger partial charge in [-0.1, -0.05) is 40.9 Å². The van der Waals surface area contributed by atoms with Crippen molar-refractivity contribution in [2.24, 2.45) is 29.6 Å². The fourth-order valence-electron chi connectivity index (χ4n) is 19.0. The third kappa shape index (κ3) is 8.79. The van der Waals surface area contributed by atoms with Crippen LogP contribution >= 0.6 is 0 Å². The molecule has 0 amide bonds. The second-order valence-electron chi connectivity index (χ2n) is 28.4. The van der Waals surface area contributed by atoms with Crippen molar-refractivity contribution in [3.8, 4) is 0 Å². The Morgan fingerprint density at radius 2 is 1.27 bits per heavy atom. The van der Waals surface area contributed by atoms with Crippen LogP contribution in [-0.4, -0.2) is 215 Å². The molecule has 0 aliphatic carbocycles. The van der Waals surface area contributed by atoms with E-state index in [2.05, 4.69) is 40.9 Å². The highest BCUT2D eigenvalue weighted by Gasteiger charge is 2.79. The lowest BCUT2D eigenvalue weighted by atomic mass is 9.77. The third-order valence-corrected chi connectivity index (χ3v) is 23.0. The maximum atomic E-state index is 14.6. The number of aliphatic hydroxyl groups excluding tert-OH is 3. The van der Waals surface area contributed by atoms with Crippen LogP contribution in [-0.2, 0) is 80.6 Å². The summed E-state index contributed by atoms with van der Waals surface area (Å²) in [4.78, 5) is 14.6. The smallest absolute Gasteiger partial charge is 0.308 e. The van der Waals surface area contributed by atoms with Gasteiger partial charge in [-0.25, -0.2) is 0 Å². The summed E-state index contributed by atoms with van der Waals surface area (Å²) in [6, 6.07) is 0. The summed E-state index contributed by atoms with van der Waals surface area (Å²) in [7, 11) is 0. The van der Waals surface area contributed by atoms with Gasteiger partial charge in [-0.2, -0.15) is 0 Å². The van der Waals surface area contributed by atoms with Crippen LogP contribution in [0.1, 0.15) is 130 Å². The maximum Gasteiger partial charge on any atom is 0.308 e. The number of hydrogen-bond acceptors (Lipinski definition) is 21. The molecule has 0 aromatic carbocycles. The van der Waals surface area contributed by atoms with Crippen LogP contribution in [0.5, 0.6) is 0 Å². The lowest BCUT2D eigenvalue weighted by Gasteiger charge is -2.54. The molecule has 1 unspecified atom stereocenters. The predicted octanol–water partition coefficient (Wildman–Crippen LogP) is 3.48. The summed E-state index contributed by atoms with van der Waals surface area (Å²) in [5, 5.41) is 44.1. The largest absolute Gasteiger partial charge is 0.459 e. The molecular formula is C61H86O21. The third-order valence-electron chi connectivity index (χ3n) is 23.0. The van der Waals surface area contributed by atoms with Gasteiger partial charge in [0.05, 0.1) is 130 Å². The van der Waals surface area contributed by atoms with Gasteiger partial charge >= 0.3 is 5.97 Å². The molecule has 17 aliphatic rings. The summed E-state index contributed by atoms with van der Waals surface area (Å²) in [6.45, 7) is 17.7. The standard InChI is InChI=1S/C61H86O21/c1-25-13-31-7-9-36-26(2)14-33(68-36)11-12-60-57(65)61(66)56(82-60)55-54(81-61)53(80-60)52-37(72-55)10-8-32(70-52)15-46(64)74-50-30(6)49-42(71-41(50)16-38(69-31)29(25)5)17-39-44(73-49)21-59(76-39)22-45-48(79-59)28(4)20-58(78-45)19-27(3)47-43(77-58)18-40-51(75-47)34(24-67-40)35(63)23-62/h25,27-28,30-45,47-57,62-63,65-66H,2,5,7-24H2,1,3-4,6H3/t25-,27+,28+,30+,31+,32-,33+,34-,35+,36+,37+,38-,39-,40-,41+,42+,43+,44-,45+,47+,48+,49+,50-,51-,52+,53+,54+,55-,56?,57+,58-,59-,60-,61-/m1/s1. The van der Waals surface area contributed by atoms with Gasteiger partial charge < -0.3 is 96.2 Å². The SMILES string of the molecule is C=C1C[C@@H]2CC[C@]34OC5[C@@H]6O[C@H]7CC[C@H](CC(=O)O[C@@H]8[C@@H](C)[C@@H]9O[C@@H]%10C[C@@]%11(C[C@@H]%12O[C@]%13(C[C@H](C)[C@@H]%14O[C@@H]%15[C@@H]([C@@H](O)CO)CO[C@@H]%15C[C@@H]%14O%13)C[C@H](C)[C@@H]%12O%11)O[C@@H]%10C[C@@H]9O[C@H]8C[C@H]8O[C@@H](CC[C@@H]1O2)C[C@@H](C)C8=C)O[C@@H]7[C@H](O3)[C@@H]6O[C@@]5(O)[C@H]4O. The van der Waals surface area contributed by atoms with E-state index in [9.17, 15) is 25.2 Å². The molecule has 17 rings (SSSR count). The van der Waals surface area contributed by atoms with Crippen LogP contribution in [0.2, 0.25) is 0 Å². The molecule has 17 saturated heterocycles. The minimum atomic E-state index is -2.03. The summed E-state index contributed by atoms with van der Waals surface area (Å²) in [5.74, 6) is -6.00. The van der Waals surface area contributed by atoms with Gasteiger partial charge in [0, 0.05) is 63.2 Å². The molecular weight excluding hydrogens is 1070 g/mol. The average Bonchev–Trinajstić information content (AvgIpc) is 4.37. The van der Waals surface area contributed by atoms with Crippen molar-refractivity contribution in [2.45, 2.75) is 306 Å². The first-order chi connectivity index (χ1) is 39.4.